The smallest absolute Gasteiger partial charge is 0.410 e. The molecule has 0 bridgehead atoms. The highest BCUT2D eigenvalue weighted by Gasteiger charge is 2.33. The fourth-order valence-corrected chi connectivity index (χ4v) is 4.96. The van der Waals surface area contributed by atoms with Gasteiger partial charge < -0.3 is 19.5 Å². The van der Waals surface area contributed by atoms with Crippen molar-refractivity contribution in [1.29, 1.82) is 0 Å². The maximum atomic E-state index is 14.9. The normalized spacial score (nSPS) is 15.7. The van der Waals surface area contributed by atoms with Gasteiger partial charge in [-0.15, -0.1) is 0 Å². The Labute approximate surface area is 233 Å². The molecule has 6 nitrogen and oxygen atoms in total. The number of ether oxygens (including phenoxy) is 2. The Kier molecular flexibility index (Phi) is 8.62. The minimum atomic E-state index is -0.926. The Hall–Kier alpha value is -3.42. The summed E-state index contributed by atoms with van der Waals surface area (Å²) < 4.78 is 25.3. The Morgan fingerprint density at radius 1 is 1.08 bits per heavy atom. The topological polar surface area (TPSA) is 76.1 Å². The zero-order valence-electron chi connectivity index (χ0n) is 22.5. The quantitative estimate of drug-likeness (QED) is 0.341. The molecule has 0 saturated carbocycles. The van der Waals surface area contributed by atoms with Gasteiger partial charge in [-0.3, -0.25) is 0 Å². The number of halogens is 2. The zero-order valence-corrected chi connectivity index (χ0v) is 23.3. The molecule has 0 aliphatic heterocycles. The Morgan fingerprint density at radius 3 is 2.44 bits per heavy atom. The lowest BCUT2D eigenvalue weighted by molar-refractivity contribution is 0.00195. The molecule has 2 atom stereocenters. The summed E-state index contributed by atoms with van der Waals surface area (Å²) in [5.74, 6) is -1.12. The number of nitrogens with zero attached hydrogens (tertiary/aromatic N) is 1. The predicted molar refractivity (Wildman–Crippen MR) is 148 cm³/mol. The van der Waals surface area contributed by atoms with Crippen LogP contribution in [0.25, 0.3) is 11.1 Å². The number of methoxy groups -OCH3 is 1. The summed E-state index contributed by atoms with van der Waals surface area (Å²) in [7, 11) is 1.25. The molecule has 0 fully saturated rings. The van der Waals surface area contributed by atoms with E-state index in [1.807, 2.05) is 18.2 Å². The fraction of sp³-hybridized carbons (Fsp3) is 0.355. The third-order valence-corrected chi connectivity index (χ3v) is 7.06. The molecule has 1 N–H and O–H groups in total. The molecule has 0 radical (unpaired) electrons. The van der Waals surface area contributed by atoms with Crippen molar-refractivity contribution < 1.29 is 28.6 Å². The van der Waals surface area contributed by atoms with Crippen molar-refractivity contribution in [3.63, 3.8) is 0 Å². The zero-order chi connectivity index (χ0) is 28.3. The summed E-state index contributed by atoms with van der Waals surface area (Å²) >= 11 is 6.00. The van der Waals surface area contributed by atoms with Crippen molar-refractivity contribution in [2.45, 2.75) is 57.8 Å². The molecule has 2 unspecified atom stereocenters. The summed E-state index contributed by atoms with van der Waals surface area (Å²) in [5, 5.41) is 11.6. The van der Waals surface area contributed by atoms with Gasteiger partial charge in [0, 0.05) is 16.6 Å². The summed E-state index contributed by atoms with van der Waals surface area (Å²) in [6.07, 6.45) is 0.522. The van der Waals surface area contributed by atoms with E-state index >= 15 is 0 Å². The second kappa shape index (κ2) is 11.8. The predicted octanol–water partition coefficient (Wildman–Crippen LogP) is 6.76. The number of aryl methyl sites for hydroxylation is 1. The van der Waals surface area contributed by atoms with Crippen molar-refractivity contribution in [3.05, 3.63) is 93.8 Å². The second-order valence-electron chi connectivity index (χ2n) is 10.8. The number of aliphatic hydroxyl groups is 1. The first-order valence-electron chi connectivity index (χ1n) is 12.9. The van der Waals surface area contributed by atoms with Crippen LogP contribution >= 0.6 is 11.6 Å². The van der Waals surface area contributed by atoms with Gasteiger partial charge >= 0.3 is 12.1 Å². The summed E-state index contributed by atoms with van der Waals surface area (Å²) in [4.78, 5) is 26.7. The fourth-order valence-electron chi connectivity index (χ4n) is 4.84. The number of aliphatic hydroxyl groups excluding tert-OH is 1. The first-order valence-corrected chi connectivity index (χ1v) is 13.3. The minimum absolute atomic E-state index is 0.0554. The molecule has 4 rings (SSSR count). The highest BCUT2D eigenvalue weighted by atomic mass is 35.5. The number of amides is 1. The van der Waals surface area contributed by atoms with Crippen LogP contribution in [0.15, 0.2) is 60.7 Å². The van der Waals surface area contributed by atoms with Crippen LogP contribution in [0.3, 0.4) is 0 Å². The first kappa shape index (κ1) is 28.6. The molecule has 3 aromatic rings. The lowest BCUT2D eigenvalue weighted by atomic mass is 9.85. The van der Waals surface area contributed by atoms with Crippen molar-refractivity contribution in [2.24, 2.45) is 0 Å². The van der Waals surface area contributed by atoms with Crippen LogP contribution in [0, 0.1) is 5.82 Å². The molecular weight excluding hydrogens is 521 g/mol. The average Bonchev–Trinajstić information content (AvgIpc) is 2.89. The van der Waals surface area contributed by atoms with E-state index in [1.165, 1.54) is 19.2 Å². The van der Waals surface area contributed by atoms with E-state index in [1.54, 1.807) is 56.0 Å². The van der Waals surface area contributed by atoms with Crippen LogP contribution in [0.2, 0.25) is 5.02 Å². The molecule has 0 heterocycles. The summed E-state index contributed by atoms with van der Waals surface area (Å²) in [6.45, 7) is 5.48. The van der Waals surface area contributed by atoms with Crippen molar-refractivity contribution in [1.82, 2.24) is 4.90 Å². The largest absolute Gasteiger partial charge is 0.465 e. The van der Waals surface area contributed by atoms with Crippen LogP contribution in [0.4, 0.5) is 9.18 Å². The molecule has 3 aromatic carbocycles. The van der Waals surface area contributed by atoms with E-state index in [0.29, 0.717) is 34.6 Å². The highest BCUT2D eigenvalue weighted by molar-refractivity contribution is 6.30. The third-order valence-electron chi connectivity index (χ3n) is 6.80. The number of esters is 1. The number of carbonyl (C=O) groups excluding carboxylic acids is 2. The van der Waals surface area contributed by atoms with E-state index in [0.717, 1.165) is 17.5 Å². The van der Waals surface area contributed by atoms with Gasteiger partial charge in [0.2, 0.25) is 0 Å². The van der Waals surface area contributed by atoms with Gasteiger partial charge in [0.15, 0.2) is 0 Å². The summed E-state index contributed by atoms with van der Waals surface area (Å²) in [5.41, 5.74) is 3.26. The molecule has 206 valence electrons. The summed E-state index contributed by atoms with van der Waals surface area (Å²) in [6, 6.07) is 16.7. The Bertz CT molecular complexity index is 1350. The van der Waals surface area contributed by atoms with Crippen LogP contribution < -0.4 is 0 Å². The van der Waals surface area contributed by atoms with Crippen LogP contribution in [0.1, 0.15) is 60.3 Å². The van der Waals surface area contributed by atoms with Gasteiger partial charge in [0.1, 0.15) is 11.4 Å². The molecule has 8 heteroatoms. The number of hydrogen-bond donors (Lipinski definition) is 1. The highest BCUT2D eigenvalue weighted by Crippen LogP contribution is 2.32. The van der Waals surface area contributed by atoms with Crippen molar-refractivity contribution in [3.8, 4) is 11.1 Å². The van der Waals surface area contributed by atoms with E-state index in [-0.39, 0.29) is 18.2 Å². The number of rotatable bonds is 6. The molecule has 1 amide bonds. The standard InChI is InChI=1S/C31H33ClFNO5/c1-31(2,3)39-30(37)34(18-28(35)20-7-11-24(32)12-8-20)25-13-9-19-5-6-21(15-23(19)16-25)26-14-10-22(17-27(26)33)29(36)38-4/h5-8,10-12,14-15,17,25,28,35H,9,13,16,18H2,1-4H3. The van der Waals surface area contributed by atoms with Gasteiger partial charge in [-0.1, -0.05) is 48.0 Å². The molecule has 1 aliphatic carbocycles. The van der Waals surface area contributed by atoms with Crippen molar-refractivity contribution in [2.75, 3.05) is 13.7 Å². The minimum Gasteiger partial charge on any atom is -0.465 e. The van der Waals surface area contributed by atoms with Crippen LogP contribution in [-0.2, 0) is 22.3 Å². The Balaban J connectivity index is 1.60. The van der Waals surface area contributed by atoms with Gasteiger partial charge in [-0.25, -0.2) is 14.0 Å². The number of carbonyl (C=O) groups is 2. The van der Waals surface area contributed by atoms with E-state index in [9.17, 15) is 19.1 Å². The van der Waals surface area contributed by atoms with Crippen LogP contribution in [-0.4, -0.2) is 47.4 Å². The first-order chi connectivity index (χ1) is 18.4. The maximum Gasteiger partial charge on any atom is 0.410 e. The maximum absolute atomic E-state index is 14.9. The molecule has 0 saturated heterocycles. The monoisotopic (exact) mass is 553 g/mol. The van der Waals surface area contributed by atoms with E-state index in [2.05, 4.69) is 4.74 Å². The van der Waals surface area contributed by atoms with Gasteiger partial charge in [0.05, 0.1) is 25.3 Å². The van der Waals surface area contributed by atoms with Gasteiger partial charge in [-0.05, 0) is 86.6 Å². The van der Waals surface area contributed by atoms with Gasteiger partial charge in [0.25, 0.3) is 0 Å². The lowest BCUT2D eigenvalue weighted by Gasteiger charge is -2.37. The molecular formula is C31H33ClFNO5. The molecule has 0 aromatic heterocycles. The molecule has 0 spiro atoms. The second-order valence-corrected chi connectivity index (χ2v) is 11.2. The SMILES string of the molecule is COC(=O)c1ccc(-c2ccc3c(c2)CC(N(CC(O)c2ccc(Cl)cc2)C(=O)OC(C)(C)C)CC3)c(F)c1. The van der Waals surface area contributed by atoms with Crippen LogP contribution in [0.5, 0.6) is 0 Å². The third kappa shape index (κ3) is 6.97. The lowest BCUT2D eigenvalue weighted by Crippen LogP contribution is -2.47. The van der Waals surface area contributed by atoms with Gasteiger partial charge in [-0.2, -0.15) is 0 Å². The Morgan fingerprint density at radius 2 is 1.79 bits per heavy atom. The van der Waals surface area contributed by atoms with Crippen molar-refractivity contribution >= 4 is 23.7 Å². The number of hydrogen-bond acceptors (Lipinski definition) is 5. The van der Waals surface area contributed by atoms with E-state index < -0.39 is 29.6 Å². The van der Waals surface area contributed by atoms with E-state index in [4.69, 9.17) is 16.3 Å². The number of fused-ring (bicyclic) bond motifs is 1. The number of benzene rings is 3. The molecule has 39 heavy (non-hydrogen) atoms. The average molecular weight is 554 g/mol. The molecule has 1 aliphatic rings.